The van der Waals surface area contributed by atoms with Crippen LogP contribution in [0, 0.1) is 10.8 Å². The van der Waals surface area contributed by atoms with Gasteiger partial charge in [0.2, 0.25) is 5.88 Å². The Morgan fingerprint density at radius 1 is 1.16 bits per heavy atom. The predicted molar refractivity (Wildman–Crippen MR) is 117 cm³/mol. The summed E-state index contributed by atoms with van der Waals surface area (Å²) in [6.07, 6.45) is -0.0110. The second-order valence-corrected chi connectivity index (χ2v) is 8.42. The summed E-state index contributed by atoms with van der Waals surface area (Å²) in [5.41, 5.74) is 3.24. The number of ether oxygens (including phenoxy) is 1. The van der Waals surface area contributed by atoms with Crippen molar-refractivity contribution in [1.82, 2.24) is 20.0 Å². The molecule has 3 rings (SSSR count). The minimum absolute atomic E-state index is 0.0808. The van der Waals surface area contributed by atoms with Crippen molar-refractivity contribution in [3.05, 3.63) is 60.3 Å². The summed E-state index contributed by atoms with van der Waals surface area (Å²) < 4.78 is 45.9. The van der Waals surface area contributed by atoms with Crippen LogP contribution in [-0.2, 0) is 6.42 Å². The van der Waals surface area contributed by atoms with Gasteiger partial charge in [0.25, 0.3) is 0 Å². The van der Waals surface area contributed by atoms with Crippen LogP contribution >= 0.6 is 0 Å². The first-order valence-corrected chi connectivity index (χ1v) is 9.87. The highest BCUT2D eigenvalue weighted by molar-refractivity contribution is 5.98. The molecule has 2 heterocycles. The van der Waals surface area contributed by atoms with Crippen LogP contribution in [0.3, 0.4) is 0 Å². The molecule has 0 aliphatic rings. The minimum Gasteiger partial charge on any atom is -0.439 e. The predicted octanol–water partition coefficient (Wildman–Crippen LogP) is 5.00. The molecule has 0 fully saturated rings. The summed E-state index contributed by atoms with van der Waals surface area (Å²) in [5.74, 6) is 0.562. The molecule has 10 heteroatoms. The van der Waals surface area contributed by atoms with Crippen molar-refractivity contribution in [2.75, 3.05) is 12.5 Å². The SMILES string of the molecule is CN/C(=C\C(=N)Nn1ccc2cc(Oc3cc(CC(C)(C)C)ncn3)ccc21)C(F)(F)F. The number of allylic oxidation sites excluding steroid dienone is 1. The van der Waals surface area contributed by atoms with Crippen LogP contribution in [0.4, 0.5) is 13.2 Å². The fourth-order valence-corrected chi connectivity index (χ4v) is 3.08. The van der Waals surface area contributed by atoms with Crippen molar-refractivity contribution >= 4 is 16.7 Å². The fourth-order valence-electron chi connectivity index (χ4n) is 3.08. The standard InChI is InChI=1S/C22H25F3N6O/c1-21(2,3)12-15-10-20(29-13-28-15)32-16-5-6-17-14(9-16)7-8-31(17)30-19(26)11-18(27-4)22(23,24)25/h5-11,13,27H,12H2,1-4H3,(H2,26,30)/b18-11-. The van der Waals surface area contributed by atoms with Gasteiger partial charge in [-0.05, 0) is 36.1 Å². The minimum atomic E-state index is -4.57. The number of fused-ring (bicyclic) bond motifs is 1. The van der Waals surface area contributed by atoms with Gasteiger partial charge in [0, 0.05) is 36.5 Å². The Morgan fingerprint density at radius 3 is 2.56 bits per heavy atom. The molecule has 0 aliphatic heterocycles. The third-order valence-corrected chi connectivity index (χ3v) is 4.40. The van der Waals surface area contributed by atoms with Gasteiger partial charge in [0.15, 0.2) is 0 Å². The number of hydrogen-bond acceptors (Lipinski definition) is 5. The van der Waals surface area contributed by atoms with Crippen LogP contribution in [0.1, 0.15) is 26.5 Å². The molecular formula is C22H25F3N6O. The summed E-state index contributed by atoms with van der Waals surface area (Å²) in [6.45, 7) is 6.38. The Labute approximate surface area is 183 Å². The number of nitrogens with zero attached hydrogens (tertiary/aromatic N) is 3. The third kappa shape index (κ3) is 5.99. The summed E-state index contributed by atoms with van der Waals surface area (Å²) in [4.78, 5) is 8.45. The topological polar surface area (TPSA) is 87.9 Å². The lowest BCUT2D eigenvalue weighted by molar-refractivity contribution is -0.0958. The number of rotatable bonds is 6. The van der Waals surface area contributed by atoms with Crippen LogP contribution < -0.4 is 15.5 Å². The molecule has 7 nitrogen and oxygen atoms in total. The second kappa shape index (κ2) is 8.89. The average Bonchev–Trinajstić information content (AvgIpc) is 3.06. The number of nitrogens with one attached hydrogen (secondary N) is 3. The molecule has 3 N–H and O–H groups in total. The first-order valence-electron chi connectivity index (χ1n) is 9.87. The molecule has 0 saturated heterocycles. The van der Waals surface area contributed by atoms with E-state index in [-0.39, 0.29) is 5.41 Å². The maximum absolute atomic E-state index is 12.9. The summed E-state index contributed by atoms with van der Waals surface area (Å²) in [7, 11) is 1.16. The molecule has 32 heavy (non-hydrogen) atoms. The van der Waals surface area contributed by atoms with Crippen molar-refractivity contribution < 1.29 is 17.9 Å². The molecule has 0 aliphatic carbocycles. The largest absolute Gasteiger partial charge is 0.439 e. The van der Waals surface area contributed by atoms with E-state index in [4.69, 9.17) is 10.1 Å². The molecule has 0 radical (unpaired) electrons. The molecule has 3 aromatic rings. The van der Waals surface area contributed by atoms with Gasteiger partial charge in [0.1, 0.15) is 23.6 Å². The smallest absolute Gasteiger partial charge is 0.431 e. The molecule has 0 saturated carbocycles. The van der Waals surface area contributed by atoms with Gasteiger partial charge >= 0.3 is 6.18 Å². The molecule has 0 spiro atoms. The van der Waals surface area contributed by atoms with Crippen LogP contribution in [0.25, 0.3) is 10.9 Å². The number of hydrogen-bond donors (Lipinski definition) is 3. The van der Waals surface area contributed by atoms with Crippen molar-refractivity contribution in [1.29, 1.82) is 5.41 Å². The quantitative estimate of drug-likeness (QED) is 0.366. The highest BCUT2D eigenvalue weighted by Crippen LogP contribution is 2.27. The van der Waals surface area contributed by atoms with Crippen molar-refractivity contribution in [2.24, 2.45) is 5.41 Å². The number of aromatic nitrogens is 3. The molecular weight excluding hydrogens is 421 g/mol. The van der Waals surface area contributed by atoms with Gasteiger partial charge in [-0.2, -0.15) is 13.2 Å². The Kier molecular flexibility index (Phi) is 6.42. The zero-order chi connectivity index (χ0) is 23.5. The zero-order valence-electron chi connectivity index (χ0n) is 18.2. The Morgan fingerprint density at radius 2 is 1.91 bits per heavy atom. The fraction of sp³-hybridized carbons (Fsp3) is 0.318. The van der Waals surface area contributed by atoms with E-state index in [1.54, 1.807) is 36.5 Å². The maximum atomic E-state index is 12.9. The zero-order valence-corrected chi connectivity index (χ0v) is 18.2. The lowest BCUT2D eigenvalue weighted by Crippen LogP contribution is -2.27. The summed E-state index contributed by atoms with van der Waals surface area (Å²) in [5, 5.41) is 10.7. The summed E-state index contributed by atoms with van der Waals surface area (Å²) >= 11 is 0. The van der Waals surface area contributed by atoms with E-state index in [1.165, 1.54) is 11.0 Å². The summed E-state index contributed by atoms with van der Waals surface area (Å²) in [6, 6.07) is 8.82. The molecule has 2 aromatic heterocycles. The van der Waals surface area contributed by atoms with Crippen molar-refractivity contribution in [3.63, 3.8) is 0 Å². The van der Waals surface area contributed by atoms with Gasteiger partial charge in [0.05, 0.1) is 5.52 Å². The normalized spacial score (nSPS) is 12.7. The number of amidine groups is 1. The van der Waals surface area contributed by atoms with Gasteiger partial charge in [-0.1, -0.05) is 20.8 Å². The van der Waals surface area contributed by atoms with Crippen LogP contribution in [0.15, 0.2) is 54.6 Å². The van der Waals surface area contributed by atoms with Gasteiger partial charge in [-0.3, -0.25) is 15.5 Å². The van der Waals surface area contributed by atoms with E-state index in [9.17, 15) is 13.2 Å². The number of alkyl halides is 3. The number of benzene rings is 1. The average molecular weight is 446 g/mol. The van der Waals surface area contributed by atoms with Gasteiger partial charge < -0.3 is 10.1 Å². The maximum Gasteiger partial charge on any atom is 0.431 e. The van der Waals surface area contributed by atoms with Gasteiger partial charge in [-0.25, -0.2) is 9.97 Å². The van der Waals surface area contributed by atoms with Crippen LogP contribution in [0.5, 0.6) is 11.6 Å². The highest BCUT2D eigenvalue weighted by Gasteiger charge is 2.33. The third-order valence-electron chi connectivity index (χ3n) is 4.40. The first-order chi connectivity index (χ1) is 14.9. The second-order valence-electron chi connectivity index (χ2n) is 8.42. The van der Waals surface area contributed by atoms with E-state index in [1.807, 2.05) is 0 Å². The molecule has 0 bridgehead atoms. The lowest BCUT2D eigenvalue weighted by atomic mass is 9.90. The van der Waals surface area contributed by atoms with Crippen LogP contribution in [0.2, 0.25) is 0 Å². The van der Waals surface area contributed by atoms with E-state index in [0.29, 0.717) is 23.2 Å². The molecule has 1 aromatic carbocycles. The lowest BCUT2D eigenvalue weighted by Gasteiger charge is -2.17. The molecule has 0 unspecified atom stereocenters. The highest BCUT2D eigenvalue weighted by atomic mass is 19.4. The van der Waals surface area contributed by atoms with E-state index < -0.39 is 17.7 Å². The van der Waals surface area contributed by atoms with Gasteiger partial charge in [-0.15, -0.1) is 0 Å². The van der Waals surface area contributed by atoms with E-state index in [2.05, 4.69) is 41.5 Å². The first kappa shape index (κ1) is 23.1. The van der Waals surface area contributed by atoms with Crippen molar-refractivity contribution in [3.8, 4) is 11.6 Å². The monoisotopic (exact) mass is 446 g/mol. The van der Waals surface area contributed by atoms with Crippen LogP contribution in [-0.4, -0.2) is 33.7 Å². The number of halogens is 3. The molecule has 0 amide bonds. The molecule has 170 valence electrons. The Bertz CT molecular complexity index is 1140. The Balaban J connectivity index is 1.76. The van der Waals surface area contributed by atoms with E-state index >= 15 is 0 Å². The van der Waals surface area contributed by atoms with Crippen molar-refractivity contribution in [2.45, 2.75) is 33.4 Å². The Hall–Kier alpha value is -3.56. The molecule has 0 atom stereocenters. The van der Waals surface area contributed by atoms with E-state index in [0.717, 1.165) is 24.5 Å².